The van der Waals surface area contributed by atoms with E-state index in [0.29, 0.717) is 11.7 Å². The van der Waals surface area contributed by atoms with Gasteiger partial charge < -0.3 is 19.9 Å². The maximum atomic E-state index is 7.71. The van der Waals surface area contributed by atoms with Gasteiger partial charge in [-0.1, -0.05) is 44.2 Å². The van der Waals surface area contributed by atoms with E-state index in [1.54, 1.807) is 0 Å². The van der Waals surface area contributed by atoms with Gasteiger partial charge in [-0.15, -0.1) is 0 Å². The van der Waals surface area contributed by atoms with Gasteiger partial charge in [0.2, 0.25) is 11.7 Å². The van der Waals surface area contributed by atoms with Crippen LogP contribution in [0.1, 0.15) is 75.8 Å². The molecule has 1 atom stereocenters. The summed E-state index contributed by atoms with van der Waals surface area (Å²) in [6.07, 6.45) is 9.36. The number of nitrogens with one attached hydrogen (secondary N) is 1. The van der Waals surface area contributed by atoms with Gasteiger partial charge in [0, 0.05) is 12.1 Å². The number of hydrogen-bond acceptors (Lipinski definition) is 5. The molecule has 158 valence electrons. The molecule has 2 heterocycles. The summed E-state index contributed by atoms with van der Waals surface area (Å²) in [5.41, 5.74) is 7.63. The molecule has 7 heteroatoms. The number of nitrogens with zero attached hydrogens (tertiary/aromatic N) is 3. The Labute approximate surface area is 173 Å². The number of nitrogens with two attached hydrogens (primary N) is 1. The van der Waals surface area contributed by atoms with Crippen LogP contribution >= 0.6 is 0 Å². The smallest absolute Gasteiger partial charge is 0.249 e. The summed E-state index contributed by atoms with van der Waals surface area (Å²) in [4.78, 5) is 6.37. The standard InChI is InChI=1S/C22H33N5O2/c1-3-4-5-6-7-8-14-28-19-12-11-17(15-16(19)2)20-25-21(29-26-20)18-10-9-13-27(18)22(23)24/h11-12,15,18H,3-10,13-14H2,1-2H3,(H3,23,24)/t18-/m0/s1. The topological polar surface area (TPSA) is 101 Å². The minimum absolute atomic E-state index is 0.0509. The first-order chi connectivity index (χ1) is 14.1. The molecule has 0 aliphatic carbocycles. The number of likely N-dealkylation sites (tertiary alicyclic amines) is 1. The quantitative estimate of drug-likeness (QED) is 0.337. The van der Waals surface area contributed by atoms with Crippen LogP contribution in [0.4, 0.5) is 0 Å². The van der Waals surface area contributed by atoms with Gasteiger partial charge in [-0.3, -0.25) is 5.41 Å². The van der Waals surface area contributed by atoms with E-state index >= 15 is 0 Å². The fourth-order valence-electron chi connectivity index (χ4n) is 3.81. The Morgan fingerprint density at radius 2 is 2.07 bits per heavy atom. The van der Waals surface area contributed by atoms with Crippen LogP contribution in [0.2, 0.25) is 0 Å². The number of guanidine groups is 1. The lowest BCUT2D eigenvalue weighted by molar-refractivity contribution is 0.283. The highest BCUT2D eigenvalue weighted by Crippen LogP contribution is 2.32. The minimum Gasteiger partial charge on any atom is -0.493 e. The summed E-state index contributed by atoms with van der Waals surface area (Å²) in [6, 6.07) is 5.88. The third-order valence-electron chi connectivity index (χ3n) is 5.48. The SMILES string of the molecule is CCCCCCCCOc1ccc(-c2noc([C@@H]3CCCN3C(=N)N)n2)cc1C. The van der Waals surface area contributed by atoms with Gasteiger partial charge in [-0.25, -0.2) is 0 Å². The summed E-state index contributed by atoms with van der Waals surface area (Å²) in [6.45, 7) is 5.78. The number of aryl methyl sites for hydroxylation is 1. The Morgan fingerprint density at radius 3 is 2.83 bits per heavy atom. The molecule has 1 aromatic heterocycles. The van der Waals surface area contributed by atoms with E-state index in [1.165, 1.54) is 32.1 Å². The predicted octanol–water partition coefficient (Wildman–Crippen LogP) is 4.81. The average molecular weight is 400 g/mol. The summed E-state index contributed by atoms with van der Waals surface area (Å²) in [5.74, 6) is 2.04. The first-order valence-electron chi connectivity index (χ1n) is 10.8. The molecule has 7 nitrogen and oxygen atoms in total. The van der Waals surface area contributed by atoms with Crippen LogP contribution in [0.3, 0.4) is 0 Å². The largest absolute Gasteiger partial charge is 0.493 e. The highest BCUT2D eigenvalue weighted by atomic mass is 16.5. The molecule has 0 spiro atoms. The zero-order chi connectivity index (χ0) is 20.6. The Kier molecular flexibility index (Phi) is 7.49. The molecule has 1 aromatic carbocycles. The van der Waals surface area contributed by atoms with Gasteiger partial charge in [-0.05, 0) is 49.9 Å². The maximum Gasteiger partial charge on any atom is 0.249 e. The second-order valence-electron chi connectivity index (χ2n) is 7.79. The zero-order valence-corrected chi connectivity index (χ0v) is 17.6. The third-order valence-corrected chi connectivity index (χ3v) is 5.48. The third kappa shape index (κ3) is 5.49. The molecule has 29 heavy (non-hydrogen) atoms. The molecule has 1 aliphatic rings. The lowest BCUT2D eigenvalue weighted by Gasteiger charge is -2.21. The Morgan fingerprint density at radius 1 is 1.28 bits per heavy atom. The lowest BCUT2D eigenvalue weighted by Crippen LogP contribution is -2.35. The van der Waals surface area contributed by atoms with Crippen molar-refractivity contribution in [2.24, 2.45) is 5.73 Å². The van der Waals surface area contributed by atoms with Crippen LogP contribution < -0.4 is 10.5 Å². The van der Waals surface area contributed by atoms with Crippen molar-refractivity contribution >= 4 is 5.96 Å². The van der Waals surface area contributed by atoms with E-state index in [9.17, 15) is 0 Å². The summed E-state index contributed by atoms with van der Waals surface area (Å²) in [5, 5.41) is 11.8. The van der Waals surface area contributed by atoms with Gasteiger partial charge in [0.05, 0.1) is 6.61 Å². The van der Waals surface area contributed by atoms with Crippen LogP contribution in [-0.2, 0) is 0 Å². The average Bonchev–Trinajstić information content (AvgIpc) is 3.37. The van der Waals surface area contributed by atoms with Crippen molar-refractivity contribution in [3.05, 3.63) is 29.7 Å². The van der Waals surface area contributed by atoms with E-state index in [0.717, 1.165) is 49.3 Å². The first-order valence-corrected chi connectivity index (χ1v) is 10.8. The zero-order valence-electron chi connectivity index (χ0n) is 17.6. The molecule has 0 radical (unpaired) electrons. The maximum absolute atomic E-state index is 7.71. The molecule has 0 bridgehead atoms. The monoisotopic (exact) mass is 399 g/mol. The number of aromatic nitrogens is 2. The lowest BCUT2D eigenvalue weighted by atomic mass is 10.1. The number of unbranched alkanes of at least 4 members (excludes halogenated alkanes) is 5. The Bertz CT molecular complexity index is 804. The number of benzene rings is 1. The van der Waals surface area contributed by atoms with Gasteiger partial charge in [0.15, 0.2) is 5.96 Å². The second kappa shape index (κ2) is 10.3. The van der Waals surface area contributed by atoms with Crippen LogP contribution in [0, 0.1) is 12.3 Å². The van der Waals surface area contributed by atoms with Crippen LogP contribution in [0.15, 0.2) is 22.7 Å². The van der Waals surface area contributed by atoms with E-state index in [1.807, 2.05) is 30.0 Å². The second-order valence-corrected chi connectivity index (χ2v) is 7.79. The molecular weight excluding hydrogens is 366 g/mol. The van der Waals surface area contributed by atoms with E-state index in [2.05, 4.69) is 17.1 Å². The van der Waals surface area contributed by atoms with Crippen LogP contribution in [-0.4, -0.2) is 34.2 Å². The van der Waals surface area contributed by atoms with Crippen molar-refractivity contribution in [2.75, 3.05) is 13.2 Å². The molecule has 1 fully saturated rings. The molecule has 3 rings (SSSR count). The highest BCUT2D eigenvalue weighted by molar-refractivity contribution is 5.75. The molecule has 0 amide bonds. The molecule has 3 N–H and O–H groups in total. The summed E-state index contributed by atoms with van der Waals surface area (Å²) >= 11 is 0. The van der Waals surface area contributed by atoms with Gasteiger partial charge in [0.25, 0.3) is 0 Å². The number of hydrogen-bond donors (Lipinski definition) is 2. The Balaban J connectivity index is 1.56. The molecule has 0 saturated carbocycles. The van der Waals surface area contributed by atoms with Crippen LogP contribution in [0.25, 0.3) is 11.4 Å². The van der Waals surface area contributed by atoms with Crippen LogP contribution in [0.5, 0.6) is 5.75 Å². The Hall–Kier alpha value is -2.57. The van der Waals surface area contributed by atoms with Crippen molar-refractivity contribution in [3.63, 3.8) is 0 Å². The fourth-order valence-corrected chi connectivity index (χ4v) is 3.81. The van der Waals surface area contributed by atoms with E-state index in [-0.39, 0.29) is 12.0 Å². The van der Waals surface area contributed by atoms with Crippen molar-refractivity contribution in [3.8, 4) is 17.1 Å². The fraction of sp³-hybridized carbons (Fsp3) is 0.591. The molecule has 0 unspecified atom stereocenters. The highest BCUT2D eigenvalue weighted by Gasteiger charge is 2.31. The van der Waals surface area contributed by atoms with Crippen molar-refractivity contribution in [1.82, 2.24) is 15.0 Å². The van der Waals surface area contributed by atoms with E-state index < -0.39 is 0 Å². The molecule has 1 aliphatic heterocycles. The van der Waals surface area contributed by atoms with Gasteiger partial charge in [-0.2, -0.15) is 4.98 Å². The van der Waals surface area contributed by atoms with E-state index in [4.69, 9.17) is 20.4 Å². The normalized spacial score (nSPS) is 16.3. The van der Waals surface area contributed by atoms with Gasteiger partial charge in [0.1, 0.15) is 11.8 Å². The van der Waals surface area contributed by atoms with Crippen molar-refractivity contribution < 1.29 is 9.26 Å². The van der Waals surface area contributed by atoms with Crippen molar-refractivity contribution in [1.29, 1.82) is 5.41 Å². The molecular formula is C22H33N5O2. The first kappa shape index (κ1) is 21.1. The predicted molar refractivity (Wildman–Crippen MR) is 114 cm³/mol. The number of rotatable bonds is 10. The van der Waals surface area contributed by atoms with Gasteiger partial charge >= 0.3 is 0 Å². The summed E-state index contributed by atoms with van der Waals surface area (Å²) < 4.78 is 11.4. The molecule has 2 aromatic rings. The molecule has 1 saturated heterocycles. The minimum atomic E-state index is -0.102. The summed E-state index contributed by atoms with van der Waals surface area (Å²) in [7, 11) is 0. The van der Waals surface area contributed by atoms with Crippen molar-refractivity contribution in [2.45, 2.75) is 71.3 Å². The number of ether oxygens (including phenoxy) is 1.